The van der Waals surface area contributed by atoms with Gasteiger partial charge in [0.05, 0.1) is 6.04 Å². The van der Waals surface area contributed by atoms with Gasteiger partial charge in [0, 0.05) is 19.4 Å². The summed E-state index contributed by atoms with van der Waals surface area (Å²) in [5, 5.41) is 5.89. The van der Waals surface area contributed by atoms with Crippen molar-refractivity contribution in [1.82, 2.24) is 10.6 Å². The first-order valence-corrected chi connectivity index (χ1v) is 14.6. The van der Waals surface area contributed by atoms with Crippen molar-refractivity contribution in [3.8, 4) is 0 Å². The standard InChI is InChI=1S/C36H38N2O6/c1-27(39)44-34(33(23-29-16-8-3-9-17-29)38-36(41)43-26-31-20-12-5-13-21-31)24-32(22-28-14-6-2-7-15-28)37-35(40)42-25-30-18-10-4-11-19-30/h2-21,32-34H,22-26H2,1H3,(H,37,40)(H,38,41)/t32-,33-,34+/m0/s1. The molecule has 0 fully saturated rings. The van der Waals surface area contributed by atoms with Crippen LogP contribution in [0.25, 0.3) is 0 Å². The van der Waals surface area contributed by atoms with E-state index in [0.29, 0.717) is 12.8 Å². The highest BCUT2D eigenvalue weighted by Gasteiger charge is 2.31. The van der Waals surface area contributed by atoms with Crippen LogP contribution in [-0.2, 0) is 45.1 Å². The van der Waals surface area contributed by atoms with Gasteiger partial charge in [0.25, 0.3) is 0 Å². The highest BCUT2D eigenvalue weighted by molar-refractivity contribution is 5.69. The van der Waals surface area contributed by atoms with Crippen LogP contribution in [0.3, 0.4) is 0 Å². The summed E-state index contributed by atoms with van der Waals surface area (Å²) in [5.74, 6) is -0.502. The predicted molar refractivity (Wildman–Crippen MR) is 168 cm³/mol. The monoisotopic (exact) mass is 594 g/mol. The maximum Gasteiger partial charge on any atom is 0.407 e. The van der Waals surface area contributed by atoms with Crippen LogP contribution in [-0.4, -0.2) is 36.3 Å². The van der Waals surface area contributed by atoms with Crippen LogP contribution >= 0.6 is 0 Å². The number of amides is 2. The summed E-state index contributed by atoms with van der Waals surface area (Å²) in [5.41, 5.74) is 3.63. The Bertz CT molecular complexity index is 1430. The molecule has 44 heavy (non-hydrogen) atoms. The van der Waals surface area contributed by atoms with Crippen LogP contribution in [0, 0.1) is 0 Å². The maximum atomic E-state index is 13.0. The van der Waals surface area contributed by atoms with E-state index in [1.54, 1.807) is 0 Å². The van der Waals surface area contributed by atoms with E-state index in [4.69, 9.17) is 14.2 Å². The van der Waals surface area contributed by atoms with E-state index in [1.165, 1.54) is 6.92 Å². The summed E-state index contributed by atoms with van der Waals surface area (Å²) in [6.45, 7) is 1.53. The molecule has 2 amide bonds. The zero-order valence-corrected chi connectivity index (χ0v) is 24.8. The number of ether oxygens (including phenoxy) is 3. The van der Waals surface area contributed by atoms with E-state index >= 15 is 0 Å². The normalized spacial score (nSPS) is 12.7. The van der Waals surface area contributed by atoms with Gasteiger partial charge in [0.2, 0.25) is 0 Å². The van der Waals surface area contributed by atoms with Crippen molar-refractivity contribution in [2.45, 2.75) is 57.6 Å². The van der Waals surface area contributed by atoms with Gasteiger partial charge >= 0.3 is 18.2 Å². The molecule has 0 aliphatic rings. The Hall–Kier alpha value is -5.11. The molecule has 0 aromatic heterocycles. The first kappa shape index (κ1) is 31.8. The lowest BCUT2D eigenvalue weighted by Crippen LogP contribution is -2.50. The van der Waals surface area contributed by atoms with Crippen LogP contribution in [0.5, 0.6) is 0 Å². The van der Waals surface area contributed by atoms with Gasteiger partial charge in [0.15, 0.2) is 0 Å². The molecule has 0 aliphatic heterocycles. The van der Waals surface area contributed by atoms with Crippen molar-refractivity contribution in [2.75, 3.05) is 0 Å². The van der Waals surface area contributed by atoms with Crippen LogP contribution in [0.2, 0.25) is 0 Å². The smallest absolute Gasteiger partial charge is 0.407 e. The number of alkyl carbamates (subject to hydrolysis) is 2. The minimum absolute atomic E-state index is 0.0917. The van der Waals surface area contributed by atoms with E-state index < -0.39 is 36.3 Å². The molecule has 0 unspecified atom stereocenters. The van der Waals surface area contributed by atoms with Gasteiger partial charge in [-0.2, -0.15) is 0 Å². The van der Waals surface area contributed by atoms with Crippen LogP contribution in [0.15, 0.2) is 121 Å². The molecule has 0 saturated carbocycles. The SMILES string of the molecule is CC(=O)O[C@H](C[C@H](Cc1ccccc1)NC(=O)OCc1ccccc1)[C@H](Cc1ccccc1)NC(=O)OCc1ccccc1. The average molecular weight is 595 g/mol. The summed E-state index contributed by atoms with van der Waals surface area (Å²) in [7, 11) is 0. The molecule has 4 aromatic carbocycles. The van der Waals surface area contributed by atoms with Crippen LogP contribution in [0.1, 0.15) is 35.6 Å². The molecule has 4 rings (SSSR count). The zero-order chi connectivity index (χ0) is 31.0. The second-order valence-corrected chi connectivity index (χ2v) is 10.5. The maximum absolute atomic E-state index is 13.0. The molecular weight excluding hydrogens is 556 g/mol. The fourth-order valence-corrected chi connectivity index (χ4v) is 4.87. The predicted octanol–water partition coefficient (Wildman–Crippen LogP) is 6.38. The van der Waals surface area contributed by atoms with Gasteiger partial charge in [-0.1, -0.05) is 121 Å². The van der Waals surface area contributed by atoms with Gasteiger partial charge in [-0.15, -0.1) is 0 Å². The number of esters is 1. The Kier molecular flexibility index (Phi) is 12.4. The Labute approximate surface area is 258 Å². The number of rotatable bonds is 14. The summed E-state index contributed by atoms with van der Waals surface area (Å²) >= 11 is 0. The Morgan fingerprint density at radius 3 is 1.43 bits per heavy atom. The third-order valence-corrected chi connectivity index (χ3v) is 6.96. The highest BCUT2D eigenvalue weighted by atomic mass is 16.6. The zero-order valence-electron chi connectivity index (χ0n) is 24.8. The first-order chi connectivity index (χ1) is 21.4. The molecule has 0 spiro atoms. The molecule has 4 aromatic rings. The second kappa shape index (κ2) is 17.1. The number of carbonyl (C=O) groups excluding carboxylic acids is 3. The Morgan fingerprint density at radius 1 is 0.568 bits per heavy atom. The molecule has 0 radical (unpaired) electrons. The number of benzene rings is 4. The van der Waals surface area contributed by atoms with Crippen molar-refractivity contribution in [2.24, 2.45) is 0 Å². The molecule has 0 heterocycles. The minimum atomic E-state index is -0.792. The van der Waals surface area contributed by atoms with E-state index in [-0.39, 0.29) is 19.6 Å². The largest absolute Gasteiger partial charge is 0.460 e. The lowest BCUT2D eigenvalue weighted by atomic mass is 9.93. The van der Waals surface area contributed by atoms with E-state index in [9.17, 15) is 14.4 Å². The van der Waals surface area contributed by atoms with Crippen molar-refractivity contribution in [3.05, 3.63) is 144 Å². The Balaban J connectivity index is 1.52. The van der Waals surface area contributed by atoms with Gasteiger partial charge in [-0.3, -0.25) is 4.79 Å². The summed E-state index contributed by atoms with van der Waals surface area (Å²) in [4.78, 5) is 38.3. The third kappa shape index (κ3) is 11.3. The molecule has 8 nitrogen and oxygen atoms in total. The summed E-state index contributed by atoms with van der Waals surface area (Å²) in [6, 6.07) is 36.9. The van der Waals surface area contributed by atoms with Gasteiger partial charge in [-0.25, -0.2) is 9.59 Å². The molecule has 0 bridgehead atoms. The summed E-state index contributed by atoms with van der Waals surface area (Å²) in [6.07, 6.45) is -0.982. The fraction of sp³-hybridized carbons (Fsp3) is 0.250. The topological polar surface area (TPSA) is 103 Å². The summed E-state index contributed by atoms with van der Waals surface area (Å²) < 4.78 is 16.8. The van der Waals surface area contributed by atoms with E-state index in [1.807, 2.05) is 121 Å². The van der Waals surface area contributed by atoms with Crippen LogP contribution < -0.4 is 10.6 Å². The number of hydrogen-bond acceptors (Lipinski definition) is 6. The van der Waals surface area contributed by atoms with Gasteiger partial charge in [-0.05, 0) is 35.1 Å². The highest BCUT2D eigenvalue weighted by Crippen LogP contribution is 2.18. The van der Waals surface area contributed by atoms with E-state index in [2.05, 4.69) is 10.6 Å². The van der Waals surface area contributed by atoms with Crippen molar-refractivity contribution in [1.29, 1.82) is 0 Å². The molecular formula is C36H38N2O6. The molecule has 2 N–H and O–H groups in total. The number of nitrogens with one attached hydrogen (secondary N) is 2. The number of carbonyl (C=O) groups is 3. The fourth-order valence-electron chi connectivity index (χ4n) is 4.87. The number of hydrogen-bond donors (Lipinski definition) is 2. The lowest BCUT2D eigenvalue weighted by molar-refractivity contribution is -0.148. The average Bonchev–Trinajstić information content (AvgIpc) is 3.04. The lowest BCUT2D eigenvalue weighted by Gasteiger charge is -2.31. The van der Waals surface area contributed by atoms with Crippen molar-refractivity contribution < 1.29 is 28.6 Å². The quantitative estimate of drug-likeness (QED) is 0.130. The third-order valence-electron chi connectivity index (χ3n) is 6.96. The second-order valence-electron chi connectivity index (χ2n) is 10.5. The van der Waals surface area contributed by atoms with Crippen molar-refractivity contribution >= 4 is 18.2 Å². The molecule has 3 atom stereocenters. The first-order valence-electron chi connectivity index (χ1n) is 14.6. The minimum Gasteiger partial charge on any atom is -0.460 e. The van der Waals surface area contributed by atoms with Crippen LogP contribution in [0.4, 0.5) is 9.59 Å². The molecule has 228 valence electrons. The van der Waals surface area contributed by atoms with E-state index in [0.717, 1.165) is 22.3 Å². The van der Waals surface area contributed by atoms with Gasteiger partial charge < -0.3 is 24.8 Å². The molecule has 0 saturated heterocycles. The van der Waals surface area contributed by atoms with Crippen molar-refractivity contribution in [3.63, 3.8) is 0 Å². The molecule has 8 heteroatoms. The molecule has 0 aliphatic carbocycles. The van der Waals surface area contributed by atoms with Gasteiger partial charge in [0.1, 0.15) is 19.3 Å². The Morgan fingerprint density at radius 2 is 0.977 bits per heavy atom.